The normalized spacial score (nSPS) is 11.7. The van der Waals surface area contributed by atoms with E-state index in [1.54, 1.807) is 6.07 Å². The zero-order valence-corrected chi connectivity index (χ0v) is 7.22. The molecule has 0 aromatic carbocycles. The topological polar surface area (TPSA) is 50.1 Å². The van der Waals surface area contributed by atoms with Gasteiger partial charge in [0.1, 0.15) is 13.0 Å². The Hall–Kier alpha value is -0.560. The van der Waals surface area contributed by atoms with E-state index in [4.69, 9.17) is 5.26 Å². The summed E-state index contributed by atoms with van der Waals surface area (Å²) in [6.07, 6.45) is -0.167. The highest BCUT2D eigenvalue weighted by Gasteiger charge is 2.02. The third kappa shape index (κ3) is 5.57. The number of hydrogen-bond donors (Lipinski definition) is 0. The average molecular weight is 206 g/mol. The summed E-state index contributed by atoms with van der Waals surface area (Å²) in [6.45, 7) is 2.18. The molecular weight excluding hydrogens is 198 g/mol. The summed E-state index contributed by atoms with van der Waals surface area (Å²) in [5.74, 6) is -0.464. The summed E-state index contributed by atoms with van der Waals surface area (Å²) in [4.78, 5) is 10.6. The number of esters is 1. The van der Waals surface area contributed by atoms with E-state index in [0.29, 0.717) is 6.61 Å². The summed E-state index contributed by atoms with van der Waals surface area (Å²) in [5.41, 5.74) is 0. The van der Waals surface area contributed by atoms with Crippen molar-refractivity contribution in [3.8, 4) is 6.07 Å². The largest absolute Gasteiger partial charge is 0.464 e. The number of nitrogens with zero attached hydrogens (tertiary/aromatic N) is 1. The van der Waals surface area contributed by atoms with Crippen LogP contribution >= 0.6 is 15.9 Å². The highest BCUT2D eigenvalue weighted by molar-refractivity contribution is 9.09. The predicted octanol–water partition coefficient (Wildman–Crippen LogP) is 1.23. The number of ether oxygens (including phenoxy) is 1. The monoisotopic (exact) mass is 205 g/mol. The lowest BCUT2D eigenvalue weighted by atomic mass is 10.5. The number of nitriles is 1. The highest BCUT2D eigenvalue weighted by atomic mass is 79.9. The Labute approximate surface area is 68.1 Å². The molecule has 0 saturated carbocycles. The fourth-order valence-corrected chi connectivity index (χ4v) is 0.456. The molecule has 0 aliphatic rings. The van der Waals surface area contributed by atoms with Gasteiger partial charge in [0.05, 0.1) is 6.07 Å². The molecule has 3 nitrogen and oxygen atoms in total. The molecule has 0 saturated heterocycles. The van der Waals surface area contributed by atoms with E-state index in [2.05, 4.69) is 20.7 Å². The van der Waals surface area contributed by atoms with Crippen LogP contribution in [0.3, 0.4) is 0 Å². The van der Waals surface area contributed by atoms with Crippen LogP contribution in [-0.2, 0) is 9.53 Å². The summed E-state index contributed by atoms with van der Waals surface area (Å²) >= 11 is 3.19. The van der Waals surface area contributed by atoms with Crippen LogP contribution in [0.4, 0.5) is 0 Å². The first-order valence-electron chi connectivity index (χ1n) is 2.83. The first-order valence-corrected chi connectivity index (χ1v) is 3.75. The van der Waals surface area contributed by atoms with Crippen LogP contribution < -0.4 is 0 Å². The van der Waals surface area contributed by atoms with E-state index in [9.17, 15) is 4.79 Å². The molecule has 0 aromatic rings. The molecule has 0 bridgehead atoms. The maximum atomic E-state index is 10.5. The molecule has 0 amide bonds. The van der Waals surface area contributed by atoms with Crippen LogP contribution in [0.25, 0.3) is 0 Å². The molecule has 0 N–H and O–H groups in total. The molecule has 4 heteroatoms. The first kappa shape index (κ1) is 9.44. The second-order valence-corrected chi connectivity index (χ2v) is 3.36. The molecule has 1 atom stereocenters. The minimum atomic E-state index is -0.464. The molecule has 0 radical (unpaired) electrons. The zero-order chi connectivity index (χ0) is 7.98. The number of rotatable bonds is 3. The van der Waals surface area contributed by atoms with Gasteiger partial charge in [-0.25, -0.2) is 0 Å². The fraction of sp³-hybridized carbons (Fsp3) is 0.667. The molecule has 0 aliphatic carbocycles. The Morgan fingerprint density at radius 2 is 2.50 bits per heavy atom. The number of hydrogen-bond acceptors (Lipinski definition) is 3. The highest BCUT2D eigenvalue weighted by Crippen LogP contribution is 1.97. The Kier molecular flexibility index (Phi) is 4.95. The van der Waals surface area contributed by atoms with E-state index >= 15 is 0 Å². The van der Waals surface area contributed by atoms with Crippen LogP contribution in [0.5, 0.6) is 0 Å². The van der Waals surface area contributed by atoms with Crippen LogP contribution in [-0.4, -0.2) is 17.4 Å². The van der Waals surface area contributed by atoms with Gasteiger partial charge < -0.3 is 4.74 Å². The molecule has 56 valence electrons. The summed E-state index contributed by atoms with van der Waals surface area (Å²) in [7, 11) is 0. The number of alkyl halides is 1. The fourth-order valence-electron chi connectivity index (χ4n) is 0.323. The van der Waals surface area contributed by atoms with Gasteiger partial charge in [0, 0.05) is 4.83 Å². The lowest BCUT2D eigenvalue weighted by Crippen LogP contribution is -2.10. The Morgan fingerprint density at radius 3 is 2.90 bits per heavy atom. The quantitative estimate of drug-likeness (QED) is 0.515. The minimum Gasteiger partial charge on any atom is -0.464 e. The Bertz CT molecular complexity index is 150. The molecule has 0 aliphatic heterocycles. The lowest BCUT2D eigenvalue weighted by molar-refractivity contribution is -0.142. The molecule has 10 heavy (non-hydrogen) atoms. The van der Waals surface area contributed by atoms with Gasteiger partial charge in [0.15, 0.2) is 0 Å². The van der Waals surface area contributed by atoms with Crippen molar-refractivity contribution in [2.75, 3.05) is 6.61 Å². The van der Waals surface area contributed by atoms with Gasteiger partial charge in [-0.3, -0.25) is 4.79 Å². The van der Waals surface area contributed by atoms with Gasteiger partial charge in [-0.2, -0.15) is 5.26 Å². The standard InChI is InChI=1S/C6H8BrNO2/c1-5(7)4-10-6(9)2-3-8/h5H,2,4H2,1H3. The van der Waals surface area contributed by atoms with Gasteiger partial charge in [-0.1, -0.05) is 15.9 Å². The molecule has 0 aromatic heterocycles. The molecule has 0 rings (SSSR count). The summed E-state index contributed by atoms with van der Waals surface area (Å²) in [6, 6.07) is 1.70. The van der Waals surface area contributed by atoms with Crippen molar-refractivity contribution in [2.24, 2.45) is 0 Å². The van der Waals surface area contributed by atoms with Crippen LogP contribution in [0, 0.1) is 11.3 Å². The second kappa shape index (κ2) is 5.24. The van der Waals surface area contributed by atoms with Gasteiger partial charge in [0.25, 0.3) is 0 Å². The van der Waals surface area contributed by atoms with E-state index in [1.807, 2.05) is 6.92 Å². The van der Waals surface area contributed by atoms with Crippen molar-refractivity contribution in [2.45, 2.75) is 18.2 Å². The molecular formula is C6H8BrNO2. The molecule has 1 unspecified atom stereocenters. The van der Waals surface area contributed by atoms with Crippen molar-refractivity contribution in [3.05, 3.63) is 0 Å². The van der Waals surface area contributed by atoms with Crippen molar-refractivity contribution >= 4 is 21.9 Å². The SMILES string of the molecule is CC(Br)COC(=O)CC#N. The van der Waals surface area contributed by atoms with Gasteiger partial charge in [-0.15, -0.1) is 0 Å². The van der Waals surface area contributed by atoms with Gasteiger partial charge in [-0.05, 0) is 6.92 Å². The van der Waals surface area contributed by atoms with Gasteiger partial charge >= 0.3 is 5.97 Å². The van der Waals surface area contributed by atoms with Crippen molar-refractivity contribution < 1.29 is 9.53 Å². The maximum Gasteiger partial charge on any atom is 0.320 e. The van der Waals surface area contributed by atoms with E-state index in [1.165, 1.54) is 0 Å². The number of carbonyl (C=O) groups excluding carboxylic acids is 1. The van der Waals surface area contributed by atoms with Crippen molar-refractivity contribution in [3.63, 3.8) is 0 Å². The second-order valence-electron chi connectivity index (χ2n) is 1.80. The van der Waals surface area contributed by atoms with Crippen LogP contribution in [0.15, 0.2) is 0 Å². The third-order valence-corrected chi connectivity index (χ3v) is 0.962. The third-order valence-electron chi connectivity index (χ3n) is 0.697. The molecule has 0 fully saturated rings. The minimum absolute atomic E-state index is 0.148. The van der Waals surface area contributed by atoms with E-state index < -0.39 is 5.97 Å². The van der Waals surface area contributed by atoms with E-state index in [-0.39, 0.29) is 11.2 Å². The van der Waals surface area contributed by atoms with E-state index in [0.717, 1.165) is 0 Å². The van der Waals surface area contributed by atoms with Crippen LogP contribution in [0.2, 0.25) is 0 Å². The summed E-state index contributed by atoms with van der Waals surface area (Å²) < 4.78 is 4.64. The Morgan fingerprint density at radius 1 is 1.90 bits per heavy atom. The zero-order valence-electron chi connectivity index (χ0n) is 5.63. The number of carbonyl (C=O) groups is 1. The predicted molar refractivity (Wildman–Crippen MR) is 39.6 cm³/mol. The van der Waals surface area contributed by atoms with Crippen molar-refractivity contribution in [1.29, 1.82) is 5.26 Å². The smallest absolute Gasteiger partial charge is 0.320 e. The summed E-state index contributed by atoms with van der Waals surface area (Å²) in [5, 5.41) is 8.04. The average Bonchev–Trinajstić information content (AvgIpc) is 1.85. The maximum absolute atomic E-state index is 10.5. The van der Waals surface area contributed by atoms with Gasteiger partial charge in [0.2, 0.25) is 0 Å². The Balaban J connectivity index is 3.33. The number of halogens is 1. The van der Waals surface area contributed by atoms with Crippen LogP contribution in [0.1, 0.15) is 13.3 Å². The lowest BCUT2D eigenvalue weighted by Gasteiger charge is -2.02. The molecule has 0 spiro atoms. The van der Waals surface area contributed by atoms with Crippen molar-refractivity contribution in [1.82, 2.24) is 0 Å². The molecule has 0 heterocycles. The first-order chi connectivity index (χ1) is 4.66.